The van der Waals surface area contributed by atoms with Gasteiger partial charge >= 0.3 is 0 Å². The zero-order valence-corrected chi connectivity index (χ0v) is 14.7. The van der Waals surface area contributed by atoms with Crippen molar-refractivity contribution in [2.24, 2.45) is 0 Å². The van der Waals surface area contributed by atoms with E-state index in [1.165, 1.54) is 5.56 Å². The zero-order chi connectivity index (χ0) is 17.4. The van der Waals surface area contributed by atoms with Gasteiger partial charge in [-0.05, 0) is 25.0 Å². The molecule has 1 N–H and O–H groups in total. The molecule has 2 aliphatic rings. The molecule has 2 saturated heterocycles. The van der Waals surface area contributed by atoms with E-state index in [1.807, 2.05) is 48.2 Å². The third-order valence-corrected chi connectivity index (χ3v) is 5.55. The minimum Gasteiger partial charge on any atom is -0.352 e. The van der Waals surface area contributed by atoms with Gasteiger partial charge in [0.2, 0.25) is 5.91 Å². The third kappa shape index (κ3) is 2.75. The maximum atomic E-state index is 12.8. The number of fused-ring (bicyclic) bond motifs is 1. The van der Waals surface area contributed by atoms with Gasteiger partial charge in [-0.15, -0.1) is 0 Å². The summed E-state index contributed by atoms with van der Waals surface area (Å²) in [6.45, 7) is 4.72. The molecule has 0 aliphatic carbocycles. The molecule has 0 aromatic heterocycles. The lowest BCUT2D eigenvalue weighted by Gasteiger charge is -2.35. The van der Waals surface area contributed by atoms with Crippen molar-refractivity contribution in [1.29, 1.82) is 0 Å². The van der Waals surface area contributed by atoms with Gasteiger partial charge in [0, 0.05) is 12.5 Å². The Balaban J connectivity index is 1.56. The van der Waals surface area contributed by atoms with Crippen LogP contribution in [0, 0.1) is 0 Å². The van der Waals surface area contributed by atoms with Gasteiger partial charge in [-0.3, -0.25) is 4.79 Å². The number of hydrogen-bond donors (Lipinski definition) is 1. The van der Waals surface area contributed by atoms with Crippen LogP contribution in [0.5, 0.6) is 0 Å². The van der Waals surface area contributed by atoms with E-state index >= 15 is 0 Å². The lowest BCUT2D eigenvalue weighted by Crippen LogP contribution is -2.52. The number of nitrogens with one attached hydrogen (secondary N) is 1. The molecule has 1 amide bonds. The average Bonchev–Trinajstić information content (AvgIpc) is 3.11. The Morgan fingerprint density at radius 1 is 1.12 bits per heavy atom. The van der Waals surface area contributed by atoms with Crippen LogP contribution in [0.15, 0.2) is 60.7 Å². The van der Waals surface area contributed by atoms with Crippen LogP contribution in [0.4, 0.5) is 0 Å². The van der Waals surface area contributed by atoms with Crippen LogP contribution in [-0.4, -0.2) is 29.2 Å². The van der Waals surface area contributed by atoms with Gasteiger partial charge in [0.1, 0.15) is 0 Å². The lowest BCUT2D eigenvalue weighted by molar-refractivity contribution is -0.137. The number of carbonyl (C=O) groups is 1. The topological polar surface area (TPSA) is 41.6 Å². The van der Waals surface area contributed by atoms with Gasteiger partial charge in [-0.2, -0.15) is 0 Å². The molecule has 4 nitrogen and oxygen atoms in total. The van der Waals surface area contributed by atoms with E-state index in [-0.39, 0.29) is 24.0 Å². The molecular weight excluding hydrogens is 312 g/mol. The molecule has 2 aromatic rings. The molecule has 2 aromatic carbocycles. The average molecular weight is 336 g/mol. The number of nitrogens with zero attached hydrogens (tertiary/aromatic N) is 1. The van der Waals surface area contributed by atoms with E-state index in [4.69, 9.17) is 4.74 Å². The fourth-order valence-corrected chi connectivity index (χ4v) is 4.13. The molecule has 0 radical (unpaired) electrons. The standard InChI is InChI=1S/C21H24N2O2/c1-15(16-9-5-3-6-10-16)22-19-13-20(24)23-18(14-25-21(19,23)2)17-11-7-4-8-12-17/h3-12,15,18-19,22H,13-14H2,1-2H3/t15-,18-,19-,21-/m1/s1. The highest BCUT2D eigenvalue weighted by Gasteiger charge is 2.57. The van der Waals surface area contributed by atoms with Crippen LogP contribution in [0.2, 0.25) is 0 Å². The van der Waals surface area contributed by atoms with Crippen molar-refractivity contribution in [2.75, 3.05) is 6.61 Å². The number of hydrogen-bond acceptors (Lipinski definition) is 3. The van der Waals surface area contributed by atoms with E-state index in [9.17, 15) is 4.79 Å². The van der Waals surface area contributed by atoms with Crippen LogP contribution in [-0.2, 0) is 9.53 Å². The van der Waals surface area contributed by atoms with Crippen LogP contribution < -0.4 is 5.32 Å². The second-order valence-corrected chi connectivity index (χ2v) is 7.11. The predicted octanol–water partition coefficient (Wildman–Crippen LogP) is 3.43. The van der Waals surface area contributed by atoms with E-state index < -0.39 is 5.72 Å². The van der Waals surface area contributed by atoms with Crippen molar-refractivity contribution in [3.05, 3.63) is 71.8 Å². The van der Waals surface area contributed by atoms with Gasteiger partial charge < -0.3 is 15.0 Å². The molecule has 2 heterocycles. The summed E-state index contributed by atoms with van der Waals surface area (Å²) in [6.07, 6.45) is 0.469. The van der Waals surface area contributed by atoms with Crippen molar-refractivity contribution in [2.45, 2.75) is 44.1 Å². The van der Waals surface area contributed by atoms with Gasteiger partial charge in [0.05, 0.1) is 18.7 Å². The molecule has 2 aliphatic heterocycles. The molecule has 130 valence electrons. The minimum absolute atomic E-state index is 0.00229. The Hall–Kier alpha value is -2.17. The molecule has 4 atom stereocenters. The number of carbonyl (C=O) groups excluding carboxylic acids is 1. The van der Waals surface area contributed by atoms with E-state index in [0.717, 1.165) is 5.56 Å². The Bertz CT molecular complexity index is 749. The summed E-state index contributed by atoms with van der Waals surface area (Å²) < 4.78 is 6.19. The highest BCUT2D eigenvalue weighted by Crippen LogP contribution is 2.45. The molecule has 25 heavy (non-hydrogen) atoms. The lowest BCUT2D eigenvalue weighted by atomic mass is 10.0. The normalized spacial score (nSPS) is 29.7. The molecular formula is C21H24N2O2. The van der Waals surface area contributed by atoms with E-state index in [1.54, 1.807) is 0 Å². The first-order chi connectivity index (χ1) is 12.1. The smallest absolute Gasteiger partial charge is 0.227 e. The van der Waals surface area contributed by atoms with Crippen molar-refractivity contribution in [3.8, 4) is 0 Å². The second kappa shape index (κ2) is 6.28. The van der Waals surface area contributed by atoms with Crippen molar-refractivity contribution in [1.82, 2.24) is 10.2 Å². The van der Waals surface area contributed by atoms with E-state index in [0.29, 0.717) is 13.0 Å². The molecule has 0 bridgehead atoms. The molecule has 2 fully saturated rings. The van der Waals surface area contributed by atoms with Gasteiger partial charge in [-0.1, -0.05) is 60.7 Å². The van der Waals surface area contributed by atoms with Crippen LogP contribution in [0.1, 0.15) is 43.5 Å². The quantitative estimate of drug-likeness (QED) is 0.930. The number of amides is 1. The maximum absolute atomic E-state index is 12.8. The minimum atomic E-state index is -0.597. The van der Waals surface area contributed by atoms with E-state index in [2.05, 4.69) is 36.5 Å². The highest BCUT2D eigenvalue weighted by atomic mass is 16.5. The summed E-state index contributed by atoms with van der Waals surface area (Å²) in [5.74, 6) is 0.159. The summed E-state index contributed by atoms with van der Waals surface area (Å²) in [4.78, 5) is 14.7. The summed E-state index contributed by atoms with van der Waals surface area (Å²) in [7, 11) is 0. The Morgan fingerprint density at radius 2 is 1.76 bits per heavy atom. The largest absolute Gasteiger partial charge is 0.352 e. The summed E-state index contributed by atoms with van der Waals surface area (Å²) in [6, 6.07) is 20.6. The first kappa shape index (κ1) is 16.3. The summed E-state index contributed by atoms with van der Waals surface area (Å²) in [5, 5.41) is 3.62. The summed E-state index contributed by atoms with van der Waals surface area (Å²) >= 11 is 0. The van der Waals surface area contributed by atoms with Gasteiger partial charge in [-0.25, -0.2) is 0 Å². The maximum Gasteiger partial charge on any atom is 0.227 e. The number of ether oxygens (including phenoxy) is 1. The molecule has 0 saturated carbocycles. The molecule has 0 unspecified atom stereocenters. The monoisotopic (exact) mass is 336 g/mol. The zero-order valence-electron chi connectivity index (χ0n) is 14.7. The first-order valence-corrected chi connectivity index (χ1v) is 8.91. The summed E-state index contributed by atoms with van der Waals surface area (Å²) in [5.41, 5.74) is 1.76. The fraction of sp³-hybridized carbons (Fsp3) is 0.381. The molecule has 4 heteroatoms. The fourth-order valence-electron chi connectivity index (χ4n) is 4.13. The van der Waals surface area contributed by atoms with Crippen LogP contribution >= 0.6 is 0 Å². The Morgan fingerprint density at radius 3 is 2.44 bits per heavy atom. The number of rotatable bonds is 4. The Labute approximate surface area is 148 Å². The van der Waals surface area contributed by atoms with Gasteiger partial charge in [0.15, 0.2) is 5.72 Å². The van der Waals surface area contributed by atoms with Crippen molar-refractivity contribution < 1.29 is 9.53 Å². The Kier molecular flexibility index (Phi) is 4.10. The third-order valence-electron chi connectivity index (χ3n) is 5.55. The number of benzene rings is 2. The second-order valence-electron chi connectivity index (χ2n) is 7.11. The first-order valence-electron chi connectivity index (χ1n) is 8.91. The van der Waals surface area contributed by atoms with Crippen LogP contribution in [0.25, 0.3) is 0 Å². The van der Waals surface area contributed by atoms with Crippen molar-refractivity contribution >= 4 is 5.91 Å². The molecule has 4 rings (SSSR count). The SMILES string of the molecule is C[C@@H](N[C@@H]1CC(=O)N2[C@@H](c3ccccc3)CO[C@]12C)c1ccccc1. The van der Waals surface area contributed by atoms with Crippen molar-refractivity contribution in [3.63, 3.8) is 0 Å². The molecule has 0 spiro atoms. The highest BCUT2D eigenvalue weighted by molar-refractivity contribution is 5.81. The predicted molar refractivity (Wildman–Crippen MR) is 96.8 cm³/mol. The van der Waals surface area contributed by atoms with Gasteiger partial charge in [0.25, 0.3) is 0 Å². The van der Waals surface area contributed by atoms with Crippen LogP contribution in [0.3, 0.4) is 0 Å².